The number of carbonyl (C=O) groups is 1. The van der Waals surface area contributed by atoms with Crippen molar-refractivity contribution in [2.75, 3.05) is 18.5 Å². The van der Waals surface area contributed by atoms with Gasteiger partial charge in [-0.05, 0) is 42.7 Å². The van der Waals surface area contributed by atoms with Crippen LogP contribution < -0.4 is 10.1 Å². The summed E-state index contributed by atoms with van der Waals surface area (Å²) in [5.41, 5.74) is 2.16. The summed E-state index contributed by atoms with van der Waals surface area (Å²) in [4.78, 5) is 14.9. The molecule has 1 saturated heterocycles. The standard InChI is InChI=1S/C20H20F2N2O3/c21-20(22)27-14-9-7-13(8-10-14)18-23-17-6-2-1-5-16(17)19(25)24(18)12-15-4-3-11-26-15/h1-2,5-10,15,18,20,23H,3-4,11-12H2/t15-,18+/m1/s1. The van der Waals surface area contributed by atoms with Crippen molar-refractivity contribution in [1.82, 2.24) is 4.90 Å². The van der Waals surface area contributed by atoms with Gasteiger partial charge in [0.1, 0.15) is 11.9 Å². The second-order valence-corrected chi connectivity index (χ2v) is 6.63. The van der Waals surface area contributed by atoms with Crippen LogP contribution in [0.2, 0.25) is 0 Å². The number of halogens is 2. The minimum atomic E-state index is -2.87. The van der Waals surface area contributed by atoms with Gasteiger partial charge in [0.25, 0.3) is 5.91 Å². The van der Waals surface area contributed by atoms with Gasteiger partial charge in [-0.15, -0.1) is 0 Å². The van der Waals surface area contributed by atoms with Crippen LogP contribution in [-0.2, 0) is 4.74 Å². The van der Waals surface area contributed by atoms with Crippen LogP contribution in [0.4, 0.5) is 14.5 Å². The van der Waals surface area contributed by atoms with Gasteiger partial charge in [0.05, 0.1) is 11.7 Å². The topological polar surface area (TPSA) is 50.8 Å². The van der Waals surface area contributed by atoms with Gasteiger partial charge in [-0.3, -0.25) is 4.79 Å². The predicted octanol–water partition coefficient (Wildman–Crippen LogP) is 4.03. The third-order valence-corrected chi connectivity index (χ3v) is 4.87. The van der Waals surface area contributed by atoms with E-state index in [9.17, 15) is 13.6 Å². The van der Waals surface area contributed by atoms with E-state index in [2.05, 4.69) is 10.1 Å². The number of para-hydroxylation sites is 1. The number of anilines is 1. The molecular formula is C20H20F2N2O3. The number of fused-ring (bicyclic) bond motifs is 1. The fourth-order valence-electron chi connectivity index (χ4n) is 3.58. The highest BCUT2D eigenvalue weighted by molar-refractivity contribution is 6.01. The van der Waals surface area contributed by atoms with Crippen LogP contribution in [0.1, 0.15) is 34.9 Å². The average Bonchev–Trinajstić information content (AvgIpc) is 3.17. The summed E-state index contributed by atoms with van der Waals surface area (Å²) in [5, 5.41) is 3.39. The van der Waals surface area contributed by atoms with Gasteiger partial charge in [-0.25, -0.2) is 0 Å². The summed E-state index contributed by atoms with van der Waals surface area (Å²) < 4.78 is 34.9. The molecule has 7 heteroatoms. The number of rotatable bonds is 5. The van der Waals surface area contributed by atoms with E-state index < -0.39 is 12.8 Å². The molecule has 2 heterocycles. The number of benzene rings is 2. The zero-order valence-electron chi connectivity index (χ0n) is 14.6. The highest BCUT2D eigenvalue weighted by atomic mass is 19.3. The van der Waals surface area contributed by atoms with E-state index in [1.165, 1.54) is 12.1 Å². The molecule has 142 valence electrons. The van der Waals surface area contributed by atoms with E-state index in [0.717, 1.165) is 24.1 Å². The number of hydrogen-bond acceptors (Lipinski definition) is 4. The van der Waals surface area contributed by atoms with Crippen molar-refractivity contribution >= 4 is 11.6 Å². The average molecular weight is 374 g/mol. The Balaban J connectivity index is 1.64. The first-order valence-corrected chi connectivity index (χ1v) is 8.95. The van der Waals surface area contributed by atoms with E-state index >= 15 is 0 Å². The Bertz CT molecular complexity index is 807. The van der Waals surface area contributed by atoms with Crippen LogP contribution in [0.5, 0.6) is 5.75 Å². The molecule has 0 spiro atoms. The molecule has 1 amide bonds. The number of amides is 1. The van der Waals surface area contributed by atoms with Gasteiger partial charge in [0.2, 0.25) is 0 Å². The van der Waals surface area contributed by atoms with Crippen LogP contribution in [-0.4, -0.2) is 36.7 Å². The molecule has 5 nitrogen and oxygen atoms in total. The van der Waals surface area contributed by atoms with E-state index in [-0.39, 0.29) is 17.8 Å². The molecule has 0 aromatic heterocycles. The number of nitrogens with zero attached hydrogens (tertiary/aromatic N) is 1. The first kappa shape index (κ1) is 17.7. The smallest absolute Gasteiger partial charge is 0.387 e. The van der Waals surface area contributed by atoms with Crippen molar-refractivity contribution in [3.63, 3.8) is 0 Å². The molecule has 1 fully saturated rings. The van der Waals surface area contributed by atoms with Gasteiger partial charge in [-0.1, -0.05) is 24.3 Å². The highest BCUT2D eigenvalue weighted by Crippen LogP contribution is 2.34. The SMILES string of the molecule is O=C1c2ccccc2N[C@H](c2ccc(OC(F)F)cc2)N1C[C@H]1CCCO1. The molecule has 2 aliphatic heterocycles. The maximum atomic E-state index is 13.1. The fraction of sp³-hybridized carbons (Fsp3) is 0.350. The summed E-state index contributed by atoms with van der Waals surface area (Å²) in [6.07, 6.45) is 1.50. The molecule has 2 aromatic rings. The molecule has 2 aliphatic rings. The minimum absolute atomic E-state index is 0.00459. The Morgan fingerprint density at radius 3 is 2.67 bits per heavy atom. The molecule has 27 heavy (non-hydrogen) atoms. The van der Waals surface area contributed by atoms with E-state index in [4.69, 9.17) is 4.74 Å². The van der Waals surface area contributed by atoms with Crippen molar-refractivity contribution < 1.29 is 23.0 Å². The van der Waals surface area contributed by atoms with E-state index in [1.54, 1.807) is 23.1 Å². The Morgan fingerprint density at radius 2 is 1.96 bits per heavy atom. The number of carbonyl (C=O) groups excluding carboxylic acids is 1. The lowest BCUT2D eigenvalue weighted by Crippen LogP contribution is -2.46. The van der Waals surface area contributed by atoms with Crippen molar-refractivity contribution in [2.45, 2.75) is 31.7 Å². The molecule has 0 saturated carbocycles. The molecule has 0 aliphatic carbocycles. The van der Waals surface area contributed by atoms with Gasteiger partial charge >= 0.3 is 6.61 Å². The Morgan fingerprint density at radius 1 is 1.19 bits per heavy atom. The van der Waals surface area contributed by atoms with Gasteiger partial charge in [-0.2, -0.15) is 8.78 Å². The molecule has 4 rings (SSSR count). The second kappa shape index (κ2) is 7.52. The largest absolute Gasteiger partial charge is 0.435 e. The number of hydrogen-bond donors (Lipinski definition) is 1. The molecule has 2 aromatic carbocycles. The predicted molar refractivity (Wildman–Crippen MR) is 95.9 cm³/mol. The summed E-state index contributed by atoms with van der Waals surface area (Å²) in [7, 11) is 0. The maximum Gasteiger partial charge on any atom is 0.387 e. The van der Waals surface area contributed by atoms with Crippen LogP contribution >= 0.6 is 0 Å². The summed E-state index contributed by atoms with van der Waals surface area (Å²) >= 11 is 0. The van der Waals surface area contributed by atoms with Gasteiger partial charge < -0.3 is 19.7 Å². The lowest BCUT2D eigenvalue weighted by Gasteiger charge is -2.39. The Labute approximate surface area is 155 Å². The number of alkyl halides is 2. The molecule has 1 N–H and O–H groups in total. The van der Waals surface area contributed by atoms with Crippen LogP contribution in [0.3, 0.4) is 0 Å². The Kier molecular flexibility index (Phi) is 4.94. The Hall–Kier alpha value is -2.67. The molecule has 2 atom stereocenters. The van der Waals surface area contributed by atoms with Gasteiger partial charge in [0.15, 0.2) is 0 Å². The fourth-order valence-corrected chi connectivity index (χ4v) is 3.58. The van der Waals surface area contributed by atoms with Crippen molar-refractivity contribution in [3.05, 3.63) is 59.7 Å². The van der Waals surface area contributed by atoms with Crippen LogP contribution in [0.25, 0.3) is 0 Å². The molecule has 0 unspecified atom stereocenters. The van der Waals surface area contributed by atoms with E-state index in [1.807, 2.05) is 18.2 Å². The van der Waals surface area contributed by atoms with Crippen LogP contribution in [0.15, 0.2) is 48.5 Å². The first-order valence-electron chi connectivity index (χ1n) is 8.95. The lowest BCUT2D eigenvalue weighted by atomic mass is 10.0. The first-order chi connectivity index (χ1) is 13.1. The lowest BCUT2D eigenvalue weighted by molar-refractivity contribution is -0.0498. The second-order valence-electron chi connectivity index (χ2n) is 6.63. The van der Waals surface area contributed by atoms with Crippen LogP contribution in [0, 0.1) is 0 Å². The van der Waals surface area contributed by atoms with E-state index in [0.29, 0.717) is 18.7 Å². The quantitative estimate of drug-likeness (QED) is 0.858. The monoisotopic (exact) mass is 374 g/mol. The summed E-state index contributed by atoms with van der Waals surface area (Å²) in [5.74, 6) is 0.0136. The molecule has 0 radical (unpaired) electrons. The number of nitrogens with one attached hydrogen (secondary N) is 1. The van der Waals surface area contributed by atoms with Crippen molar-refractivity contribution in [1.29, 1.82) is 0 Å². The number of ether oxygens (including phenoxy) is 2. The van der Waals surface area contributed by atoms with Gasteiger partial charge in [0, 0.05) is 18.8 Å². The maximum absolute atomic E-state index is 13.1. The normalized spacial score (nSPS) is 21.9. The summed E-state index contributed by atoms with van der Waals surface area (Å²) in [6, 6.07) is 13.7. The highest BCUT2D eigenvalue weighted by Gasteiger charge is 2.35. The summed E-state index contributed by atoms with van der Waals surface area (Å²) in [6.45, 7) is -1.69. The van der Waals surface area contributed by atoms with Crippen molar-refractivity contribution in [3.8, 4) is 5.75 Å². The third-order valence-electron chi connectivity index (χ3n) is 4.87. The third kappa shape index (κ3) is 3.73. The zero-order valence-corrected chi connectivity index (χ0v) is 14.6. The zero-order chi connectivity index (χ0) is 18.8. The minimum Gasteiger partial charge on any atom is -0.435 e. The molecule has 0 bridgehead atoms. The molecular weight excluding hydrogens is 354 g/mol. The van der Waals surface area contributed by atoms with Crippen molar-refractivity contribution in [2.24, 2.45) is 0 Å².